The number of amides is 1. The summed E-state index contributed by atoms with van der Waals surface area (Å²) in [4.78, 5) is 26.3. The summed E-state index contributed by atoms with van der Waals surface area (Å²) >= 11 is 1.64. The Hall–Kier alpha value is -3.12. The Morgan fingerprint density at radius 2 is 1.84 bits per heavy atom. The van der Waals surface area contributed by atoms with Crippen LogP contribution in [0.1, 0.15) is 15.9 Å². The van der Waals surface area contributed by atoms with E-state index in [2.05, 4.69) is 20.3 Å². The lowest BCUT2D eigenvalue weighted by Gasteiger charge is -2.07. The van der Waals surface area contributed by atoms with Gasteiger partial charge in [0.05, 0.1) is 21.6 Å². The fraction of sp³-hybridized carbons (Fsp3) is 0.0526. The van der Waals surface area contributed by atoms with Gasteiger partial charge in [-0.1, -0.05) is 6.07 Å². The highest BCUT2D eigenvalue weighted by atomic mass is 32.1. The summed E-state index contributed by atoms with van der Waals surface area (Å²) in [5.74, 6) is -0.137. The highest BCUT2D eigenvalue weighted by molar-refractivity contribution is 7.13. The van der Waals surface area contributed by atoms with Crippen LogP contribution in [-0.4, -0.2) is 20.9 Å². The minimum Gasteiger partial charge on any atom is -0.348 e. The molecule has 25 heavy (non-hydrogen) atoms. The Balaban J connectivity index is 1.48. The summed E-state index contributed by atoms with van der Waals surface area (Å²) in [7, 11) is 0. The van der Waals surface area contributed by atoms with Crippen molar-refractivity contribution in [1.82, 2.24) is 20.3 Å². The van der Waals surface area contributed by atoms with Crippen molar-refractivity contribution in [1.29, 1.82) is 0 Å². The van der Waals surface area contributed by atoms with E-state index >= 15 is 0 Å². The predicted octanol–water partition coefficient (Wildman–Crippen LogP) is 3.68. The number of rotatable bonds is 4. The molecule has 0 saturated carbocycles. The standard InChI is InChI=1S/C19H14N4OS/c24-19(14-3-4-15-16(11-14)22-8-7-21-15)23-12-13-5-6-20-17(10-13)18-2-1-9-25-18/h1-11H,12H2,(H,23,24). The Morgan fingerprint density at radius 3 is 2.68 bits per heavy atom. The fourth-order valence-corrected chi connectivity index (χ4v) is 3.23. The van der Waals surface area contributed by atoms with Crippen molar-refractivity contribution in [3.8, 4) is 10.6 Å². The van der Waals surface area contributed by atoms with Gasteiger partial charge in [-0.05, 0) is 47.3 Å². The van der Waals surface area contributed by atoms with E-state index in [1.54, 1.807) is 48.1 Å². The number of nitrogens with zero attached hydrogens (tertiary/aromatic N) is 3. The lowest BCUT2D eigenvalue weighted by molar-refractivity contribution is 0.0951. The number of nitrogens with one attached hydrogen (secondary N) is 1. The van der Waals surface area contributed by atoms with E-state index in [9.17, 15) is 4.79 Å². The zero-order valence-corrected chi connectivity index (χ0v) is 14.0. The van der Waals surface area contributed by atoms with E-state index in [1.807, 2.05) is 29.6 Å². The molecule has 0 saturated heterocycles. The lowest BCUT2D eigenvalue weighted by Crippen LogP contribution is -2.22. The third kappa shape index (κ3) is 3.39. The maximum Gasteiger partial charge on any atom is 0.251 e. The maximum atomic E-state index is 12.4. The molecule has 4 aromatic rings. The van der Waals surface area contributed by atoms with Gasteiger partial charge >= 0.3 is 0 Å². The second-order valence-corrected chi connectivity index (χ2v) is 6.42. The molecule has 0 unspecified atom stereocenters. The minimum absolute atomic E-state index is 0.137. The van der Waals surface area contributed by atoms with Crippen molar-refractivity contribution in [2.45, 2.75) is 6.54 Å². The first kappa shape index (κ1) is 15.4. The van der Waals surface area contributed by atoms with Crippen LogP contribution < -0.4 is 5.32 Å². The Labute approximate surface area is 148 Å². The molecule has 1 amide bonds. The van der Waals surface area contributed by atoms with Gasteiger partial charge in [-0.2, -0.15) is 0 Å². The van der Waals surface area contributed by atoms with Gasteiger partial charge in [0.15, 0.2) is 0 Å². The van der Waals surface area contributed by atoms with E-state index in [0.29, 0.717) is 17.6 Å². The second-order valence-electron chi connectivity index (χ2n) is 5.47. The number of aromatic nitrogens is 3. The smallest absolute Gasteiger partial charge is 0.251 e. The van der Waals surface area contributed by atoms with Crippen LogP contribution in [0, 0.1) is 0 Å². The SMILES string of the molecule is O=C(NCc1ccnc(-c2cccs2)c1)c1ccc2nccnc2c1. The first-order chi connectivity index (χ1) is 12.3. The van der Waals surface area contributed by atoms with E-state index in [4.69, 9.17) is 0 Å². The van der Waals surface area contributed by atoms with Crippen LogP contribution in [0.2, 0.25) is 0 Å². The average molecular weight is 346 g/mol. The van der Waals surface area contributed by atoms with Crippen molar-refractivity contribution >= 4 is 28.3 Å². The van der Waals surface area contributed by atoms with Crippen molar-refractivity contribution < 1.29 is 4.79 Å². The van der Waals surface area contributed by atoms with Gasteiger partial charge in [0.2, 0.25) is 0 Å². The molecular weight excluding hydrogens is 332 g/mol. The number of fused-ring (bicyclic) bond motifs is 1. The maximum absolute atomic E-state index is 12.4. The van der Waals surface area contributed by atoms with Crippen molar-refractivity contribution in [2.75, 3.05) is 0 Å². The molecule has 3 heterocycles. The molecule has 0 radical (unpaired) electrons. The number of pyridine rings is 1. The molecule has 1 aromatic carbocycles. The van der Waals surface area contributed by atoms with E-state index < -0.39 is 0 Å². The Morgan fingerprint density at radius 1 is 0.960 bits per heavy atom. The van der Waals surface area contributed by atoms with Crippen LogP contribution in [0.5, 0.6) is 0 Å². The second kappa shape index (κ2) is 6.78. The molecule has 3 aromatic heterocycles. The molecule has 0 bridgehead atoms. The summed E-state index contributed by atoms with van der Waals surface area (Å²) in [6.45, 7) is 0.443. The van der Waals surface area contributed by atoms with Crippen LogP contribution in [0.4, 0.5) is 0 Å². The first-order valence-electron chi connectivity index (χ1n) is 7.77. The summed E-state index contributed by atoms with van der Waals surface area (Å²) in [5, 5.41) is 4.96. The molecule has 0 fully saturated rings. The fourth-order valence-electron chi connectivity index (χ4n) is 2.53. The quantitative estimate of drug-likeness (QED) is 0.612. The third-order valence-corrected chi connectivity index (χ3v) is 4.67. The van der Waals surface area contributed by atoms with E-state index in [1.165, 1.54) is 0 Å². The molecule has 0 spiro atoms. The number of carbonyl (C=O) groups is 1. The summed E-state index contributed by atoms with van der Waals surface area (Å²) in [6, 6.07) is 13.3. The van der Waals surface area contributed by atoms with Crippen LogP contribution in [-0.2, 0) is 6.54 Å². The van der Waals surface area contributed by atoms with Crippen LogP contribution in [0.3, 0.4) is 0 Å². The molecule has 122 valence electrons. The molecular formula is C19H14N4OS. The zero-order chi connectivity index (χ0) is 17.1. The molecule has 6 heteroatoms. The number of carbonyl (C=O) groups excluding carboxylic acids is 1. The summed E-state index contributed by atoms with van der Waals surface area (Å²) in [6.07, 6.45) is 5.02. The van der Waals surface area contributed by atoms with E-state index in [0.717, 1.165) is 21.7 Å². The monoisotopic (exact) mass is 346 g/mol. The molecule has 0 aliphatic rings. The number of thiophene rings is 1. The average Bonchev–Trinajstić information content (AvgIpc) is 3.21. The Bertz CT molecular complexity index is 1030. The predicted molar refractivity (Wildman–Crippen MR) is 98.3 cm³/mol. The van der Waals surface area contributed by atoms with Gasteiger partial charge in [-0.3, -0.25) is 19.7 Å². The molecule has 0 atom stereocenters. The molecule has 0 aliphatic heterocycles. The largest absolute Gasteiger partial charge is 0.348 e. The molecule has 1 N–H and O–H groups in total. The number of benzene rings is 1. The van der Waals surface area contributed by atoms with Gasteiger partial charge in [0.1, 0.15) is 0 Å². The number of hydrogen-bond donors (Lipinski definition) is 1. The van der Waals surface area contributed by atoms with Gasteiger partial charge in [-0.15, -0.1) is 11.3 Å². The third-order valence-electron chi connectivity index (χ3n) is 3.78. The Kier molecular flexibility index (Phi) is 4.18. The van der Waals surface area contributed by atoms with Crippen LogP contribution in [0.25, 0.3) is 21.6 Å². The van der Waals surface area contributed by atoms with Gasteiger partial charge < -0.3 is 5.32 Å². The molecule has 0 aliphatic carbocycles. The van der Waals surface area contributed by atoms with Gasteiger partial charge in [-0.25, -0.2) is 0 Å². The van der Waals surface area contributed by atoms with Crippen molar-refractivity contribution in [2.24, 2.45) is 0 Å². The highest BCUT2D eigenvalue weighted by Gasteiger charge is 2.08. The summed E-state index contributed by atoms with van der Waals surface area (Å²) < 4.78 is 0. The highest BCUT2D eigenvalue weighted by Crippen LogP contribution is 2.23. The zero-order valence-electron chi connectivity index (χ0n) is 13.2. The van der Waals surface area contributed by atoms with Gasteiger partial charge in [0, 0.05) is 30.7 Å². The minimum atomic E-state index is -0.137. The van der Waals surface area contributed by atoms with Crippen molar-refractivity contribution in [3.63, 3.8) is 0 Å². The van der Waals surface area contributed by atoms with Crippen LogP contribution >= 0.6 is 11.3 Å². The molecule has 5 nitrogen and oxygen atoms in total. The lowest BCUT2D eigenvalue weighted by atomic mass is 10.1. The number of hydrogen-bond acceptors (Lipinski definition) is 5. The normalized spacial score (nSPS) is 10.7. The molecule has 4 rings (SSSR count). The van der Waals surface area contributed by atoms with Gasteiger partial charge in [0.25, 0.3) is 5.91 Å². The first-order valence-corrected chi connectivity index (χ1v) is 8.65. The summed E-state index contributed by atoms with van der Waals surface area (Å²) in [5.41, 5.74) is 3.98. The van der Waals surface area contributed by atoms with E-state index in [-0.39, 0.29) is 5.91 Å². The topological polar surface area (TPSA) is 67.8 Å². The van der Waals surface area contributed by atoms with Crippen LogP contribution in [0.15, 0.2) is 66.4 Å². The van der Waals surface area contributed by atoms with Crippen molar-refractivity contribution in [3.05, 3.63) is 77.6 Å².